The van der Waals surface area contributed by atoms with Gasteiger partial charge in [-0.25, -0.2) is 0 Å². The van der Waals surface area contributed by atoms with Gasteiger partial charge in [-0.3, -0.25) is 0 Å². The van der Waals surface area contributed by atoms with Crippen molar-refractivity contribution in [2.24, 2.45) is 0 Å². The molecular weight excluding hydrogens is 254 g/mol. The van der Waals surface area contributed by atoms with Gasteiger partial charge in [0.2, 0.25) is 0 Å². The van der Waals surface area contributed by atoms with Gasteiger partial charge in [-0.05, 0) is 38.5 Å². The van der Waals surface area contributed by atoms with Gasteiger partial charge in [0, 0.05) is 18.6 Å². The normalized spacial score (nSPS) is 29.5. The molecule has 2 aliphatic carbocycles. The van der Waals surface area contributed by atoms with Gasteiger partial charge in [0.25, 0.3) is 0 Å². The van der Waals surface area contributed by atoms with Crippen LogP contribution in [0.15, 0.2) is 4.52 Å². The van der Waals surface area contributed by atoms with E-state index < -0.39 is 0 Å². The number of nitrogens with zero attached hydrogens (tertiary/aromatic N) is 2. The minimum atomic E-state index is 0.119. The lowest BCUT2D eigenvalue weighted by Gasteiger charge is -2.43. The van der Waals surface area contributed by atoms with Crippen LogP contribution in [-0.4, -0.2) is 28.4 Å². The third kappa shape index (κ3) is 2.55. The van der Waals surface area contributed by atoms with Crippen molar-refractivity contribution >= 4 is 6.01 Å². The maximum atomic E-state index is 6.12. The van der Waals surface area contributed by atoms with Crippen LogP contribution in [0, 0.1) is 0 Å². The van der Waals surface area contributed by atoms with Crippen molar-refractivity contribution in [3.05, 3.63) is 5.82 Å². The van der Waals surface area contributed by atoms with Crippen molar-refractivity contribution in [3.63, 3.8) is 0 Å². The first-order valence-electron chi connectivity index (χ1n) is 8.07. The van der Waals surface area contributed by atoms with E-state index in [4.69, 9.17) is 9.26 Å². The molecule has 1 aliphatic heterocycles. The molecule has 20 heavy (non-hydrogen) atoms. The number of hydrogen-bond donors (Lipinski definition) is 1. The van der Waals surface area contributed by atoms with Crippen molar-refractivity contribution in [1.82, 2.24) is 10.1 Å². The van der Waals surface area contributed by atoms with Gasteiger partial charge in [-0.15, -0.1) is 0 Å². The zero-order valence-electron chi connectivity index (χ0n) is 11.9. The second-order valence-electron chi connectivity index (χ2n) is 6.66. The maximum Gasteiger partial charge on any atom is 0.321 e. The van der Waals surface area contributed by atoms with E-state index in [1.165, 1.54) is 44.9 Å². The average Bonchev–Trinajstić information content (AvgIpc) is 3.21. The summed E-state index contributed by atoms with van der Waals surface area (Å²) >= 11 is 0. The van der Waals surface area contributed by atoms with Gasteiger partial charge in [0.15, 0.2) is 5.82 Å². The molecule has 1 saturated heterocycles. The van der Waals surface area contributed by atoms with E-state index in [1.807, 2.05) is 0 Å². The zero-order chi connectivity index (χ0) is 13.4. The third-order valence-electron chi connectivity index (χ3n) is 4.97. The van der Waals surface area contributed by atoms with Crippen molar-refractivity contribution in [1.29, 1.82) is 0 Å². The molecule has 1 N–H and O–H groups in total. The molecular formula is C15H23N3O2. The van der Waals surface area contributed by atoms with Gasteiger partial charge in [0.1, 0.15) is 0 Å². The van der Waals surface area contributed by atoms with Crippen LogP contribution in [-0.2, 0) is 4.74 Å². The number of aromatic nitrogens is 2. The number of anilines is 1. The third-order valence-corrected chi connectivity index (χ3v) is 4.97. The van der Waals surface area contributed by atoms with Gasteiger partial charge < -0.3 is 14.6 Å². The summed E-state index contributed by atoms with van der Waals surface area (Å²) in [5.74, 6) is 1.43. The van der Waals surface area contributed by atoms with E-state index in [2.05, 4.69) is 15.5 Å². The Morgan fingerprint density at radius 1 is 1.10 bits per heavy atom. The van der Waals surface area contributed by atoms with Crippen molar-refractivity contribution in [2.75, 3.05) is 11.9 Å². The summed E-state index contributed by atoms with van der Waals surface area (Å²) in [4.78, 5) is 4.47. The van der Waals surface area contributed by atoms with Crippen LogP contribution in [0.1, 0.15) is 69.5 Å². The second-order valence-corrected chi connectivity index (χ2v) is 6.66. The Morgan fingerprint density at radius 2 is 1.95 bits per heavy atom. The molecule has 0 aromatic carbocycles. The summed E-state index contributed by atoms with van der Waals surface area (Å²) in [6, 6.07) is 1.01. The molecule has 3 aliphatic rings. The van der Waals surface area contributed by atoms with Crippen molar-refractivity contribution in [2.45, 2.75) is 75.3 Å². The van der Waals surface area contributed by atoms with E-state index in [0.717, 1.165) is 25.3 Å². The van der Waals surface area contributed by atoms with Crippen molar-refractivity contribution < 1.29 is 9.26 Å². The van der Waals surface area contributed by atoms with E-state index >= 15 is 0 Å². The molecule has 3 fully saturated rings. The van der Waals surface area contributed by atoms with Crippen LogP contribution in [0.5, 0.6) is 0 Å². The van der Waals surface area contributed by atoms with E-state index in [9.17, 15) is 0 Å². The molecule has 110 valence electrons. The molecule has 1 aromatic rings. The summed E-state index contributed by atoms with van der Waals surface area (Å²) < 4.78 is 11.5. The molecule has 0 unspecified atom stereocenters. The summed E-state index contributed by atoms with van der Waals surface area (Å²) in [5, 5.41) is 7.50. The molecule has 5 nitrogen and oxygen atoms in total. The molecule has 1 spiro atoms. The Morgan fingerprint density at radius 3 is 2.75 bits per heavy atom. The lowest BCUT2D eigenvalue weighted by atomic mass is 9.78. The molecule has 2 saturated carbocycles. The van der Waals surface area contributed by atoms with Crippen LogP contribution in [0.2, 0.25) is 0 Å². The quantitative estimate of drug-likeness (QED) is 0.919. The largest absolute Gasteiger partial charge is 0.375 e. The van der Waals surface area contributed by atoms with Crippen LogP contribution >= 0.6 is 0 Å². The van der Waals surface area contributed by atoms with E-state index in [1.54, 1.807) is 0 Å². The minimum Gasteiger partial charge on any atom is -0.375 e. The van der Waals surface area contributed by atoms with Crippen LogP contribution in [0.25, 0.3) is 0 Å². The summed E-state index contributed by atoms with van der Waals surface area (Å²) in [5.41, 5.74) is 0.119. The van der Waals surface area contributed by atoms with Crippen LogP contribution < -0.4 is 5.32 Å². The topological polar surface area (TPSA) is 60.2 Å². The van der Waals surface area contributed by atoms with E-state index in [0.29, 0.717) is 18.0 Å². The summed E-state index contributed by atoms with van der Waals surface area (Å²) in [7, 11) is 0. The lowest BCUT2D eigenvalue weighted by molar-refractivity contribution is -0.103. The lowest BCUT2D eigenvalue weighted by Crippen LogP contribution is -2.45. The zero-order valence-corrected chi connectivity index (χ0v) is 11.9. The van der Waals surface area contributed by atoms with Crippen LogP contribution in [0.4, 0.5) is 6.01 Å². The minimum absolute atomic E-state index is 0.119. The highest BCUT2D eigenvalue weighted by Gasteiger charge is 2.39. The molecule has 5 heteroatoms. The smallest absolute Gasteiger partial charge is 0.321 e. The molecule has 0 amide bonds. The average molecular weight is 277 g/mol. The fourth-order valence-electron chi connectivity index (χ4n) is 3.67. The summed E-state index contributed by atoms with van der Waals surface area (Å²) in [6.45, 7) is 0.848. The van der Waals surface area contributed by atoms with Crippen molar-refractivity contribution in [3.8, 4) is 0 Å². The first-order chi connectivity index (χ1) is 9.83. The number of ether oxygens (including phenoxy) is 1. The first-order valence-corrected chi connectivity index (χ1v) is 8.07. The highest BCUT2D eigenvalue weighted by molar-refractivity contribution is 5.23. The Labute approximate surface area is 119 Å². The molecule has 0 radical (unpaired) electrons. The van der Waals surface area contributed by atoms with Crippen LogP contribution in [0.3, 0.4) is 0 Å². The standard InChI is InChI=1S/C15H23N3O2/c1-2-7-15(8-3-1)10-12(6-9-19-15)16-14-17-13(18-20-14)11-4-5-11/h11-12H,1-10H2,(H,16,17,18)/t12-/m1/s1. The number of nitrogens with one attached hydrogen (secondary N) is 1. The molecule has 0 bridgehead atoms. The highest BCUT2D eigenvalue weighted by atomic mass is 16.5. The fourth-order valence-corrected chi connectivity index (χ4v) is 3.67. The predicted molar refractivity (Wildman–Crippen MR) is 74.7 cm³/mol. The predicted octanol–water partition coefficient (Wildman–Crippen LogP) is 3.24. The fraction of sp³-hybridized carbons (Fsp3) is 0.867. The van der Waals surface area contributed by atoms with Gasteiger partial charge in [0.05, 0.1) is 5.60 Å². The van der Waals surface area contributed by atoms with Gasteiger partial charge >= 0.3 is 6.01 Å². The second kappa shape index (κ2) is 5.02. The Kier molecular flexibility index (Phi) is 3.17. The maximum absolute atomic E-state index is 6.12. The Hall–Kier alpha value is -1.10. The number of rotatable bonds is 3. The highest BCUT2D eigenvalue weighted by Crippen LogP contribution is 2.40. The molecule has 1 aromatic heterocycles. The van der Waals surface area contributed by atoms with Gasteiger partial charge in [-0.1, -0.05) is 24.4 Å². The van der Waals surface area contributed by atoms with E-state index in [-0.39, 0.29) is 5.60 Å². The monoisotopic (exact) mass is 277 g/mol. The molecule has 1 atom stereocenters. The summed E-state index contributed by atoms with van der Waals surface area (Å²) in [6.07, 6.45) is 10.9. The molecule has 4 rings (SSSR count). The van der Waals surface area contributed by atoms with Gasteiger partial charge in [-0.2, -0.15) is 4.98 Å². The SMILES string of the molecule is C1CCC2(CC1)C[C@H](Nc1nc(C3CC3)no1)CCO2. The number of hydrogen-bond acceptors (Lipinski definition) is 5. The first kappa shape index (κ1) is 12.6. The Bertz CT molecular complexity index is 458. The Balaban J connectivity index is 1.39. The molecule has 2 heterocycles.